The van der Waals surface area contributed by atoms with Crippen LogP contribution in [0.5, 0.6) is 0 Å². The van der Waals surface area contributed by atoms with E-state index in [1.54, 1.807) is 6.92 Å². The van der Waals surface area contributed by atoms with Gasteiger partial charge in [0, 0.05) is 13.1 Å². The van der Waals surface area contributed by atoms with Gasteiger partial charge in [-0.1, -0.05) is 22.9 Å². The van der Waals surface area contributed by atoms with Gasteiger partial charge in [0.2, 0.25) is 0 Å². The van der Waals surface area contributed by atoms with Crippen LogP contribution >= 0.6 is 22.9 Å². The second kappa shape index (κ2) is 5.42. The van der Waals surface area contributed by atoms with Gasteiger partial charge in [-0.15, -0.1) is 0 Å². The first-order valence-corrected chi connectivity index (χ1v) is 7.28. The van der Waals surface area contributed by atoms with E-state index in [2.05, 4.69) is 9.71 Å². The van der Waals surface area contributed by atoms with Gasteiger partial charge in [-0.3, -0.25) is 0 Å². The molecule has 8 heteroatoms. The second-order valence-electron chi connectivity index (χ2n) is 3.54. The molecule has 0 aliphatic carbocycles. The number of sulfonamides is 1. The number of aromatic nitrogens is 1. The molecule has 0 saturated heterocycles. The quantitative estimate of drug-likeness (QED) is 0.874. The summed E-state index contributed by atoms with van der Waals surface area (Å²) in [5.41, 5.74) is 0.437. The predicted molar refractivity (Wildman–Crippen MR) is 65.6 cm³/mol. The van der Waals surface area contributed by atoms with Crippen LogP contribution in [0.25, 0.3) is 0 Å². The van der Waals surface area contributed by atoms with Crippen LogP contribution in [0.2, 0.25) is 4.47 Å². The lowest BCUT2D eigenvalue weighted by Gasteiger charge is -2.10. The number of hydrogen-bond acceptors (Lipinski definition) is 5. The minimum atomic E-state index is -3.47. The van der Waals surface area contributed by atoms with E-state index in [9.17, 15) is 8.42 Å². The van der Waals surface area contributed by atoms with Gasteiger partial charge < -0.3 is 4.90 Å². The highest BCUT2D eigenvalue weighted by Crippen LogP contribution is 2.26. The monoisotopic (exact) mass is 283 g/mol. The predicted octanol–water partition coefficient (Wildman–Crippen LogP) is 0.945. The van der Waals surface area contributed by atoms with Crippen LogP contribution in [-0.2, 0) is 10.0 Å². The fraction of sp³-hybridized carbons (Fsp3) is 0.625. The van der Waals surface area contributed by atoms with Gasteiger partial charge in [-0.25, -0.2) is 18.1 Å². The van der Waals surface area contributed by atoms with E-state index in [-0.39, 0.29) is 8.68 Å². The highest BCUT2D eigenvalue weighted by atomic mass is 35.5. The van der Waals surface area contributed by atoms with Crippen LogP contribution in [0.15, 0.2) is 4.21 Å². The number of rotatable bonds is 5. The maximum Gasteiger partial charge on any atom is 0.252 e. The van der Waals surface area contributed by atoms with E-state index in [0.29, 0.717) is 18.8 Å². The molecule has 0 aliphatic rings. The Kier molecular flexibility index (Phi) is 4.69. The molecule has 1 aromatic rings. The summed E-state index contributed by atoms with van der Waals surface area (Å²) in [7, 11) is 0.285. The van der Waals surface area contributed by atoms with Gasteiger partial charge in [0.05, 0.1) is 5.69 Å². The van der Waals surface area contributed by atoms with E-state index < -0.39 is 10.0 Å². The zero-order valence-corrected chi connectivity index (χ0v) is 11.7. The second-order valence-corrected chi connectivity index (χ2v) is 7.08. The third-order valence-corrected chi connectivity index (χ3v) is 5.16. The van der Waals surface area contributed by atoms with Crippen LogP contribution < -0.4 is 4.72 Å². The smallest absolute Gasteiger partial charge is 0.252 e. The van der Waals surface area contributed by atoms with Crippen molar-refractivity contribution in [3.63, 3.8) is 0 Å². The molecule has 0 spiro atoms. The molecular formula is C8H14ClN3O2S2. The Bertz CT molecular complexity index is 456. The summed E-state index contributed by atoms with van der Waals surface area (Å²) in [4.78, 5) is 5.77. The average Bonchev–Trinajstić information content (AvgIpc) is 2.44. The highest BCUT2D eigenvalue weighted by Gasteiger charge is 2.20. The first kappa shape index (κ1) is 13.9. The SMILES string of the molecule is Cc1nc(Cl)sc1S(=O)(=O)NCCN(C)C. The van der Waals surface area contributed by atoms with Gasteiger partial charge in [-0.2, -0.15) is 0 Å². The molecule has 1 rings (SSSR count). The van der Waals surface area contributed by atoms with Crippen LogP contribution in [0, 0.1) is 6.92 Å². The molecule has 0 aliphatic heterocycles. The van der Waals surface area contributed by atoms with Crippen LogP contribution in [0.1, 0.15) is 5.69 Å². The lowest BCUT2D eigenvalue weighted by Crippen LogP contribution is -2.31. The topological polar surface area (TPSA) is 62.3 Å². The molecule has 0 fully saturated rings. The number of nitrogens with zero attached hydrogens (tertiary/aromatic N) is 2. The molecule has 0 bridgehead atoms. The summed E-state index contributed by atoms with van der Waals surface area (Å²) in [6, 6.07) is 0. The molecule has 16 heavy (non-hydrogen) atoms. The largest absolute Gasteiger partial charge is 0.308 e. The molecule has 0 atom stereocenters. The molecular weight excluding hydrogens is 270 g/mol. The number of hydrogen-bond donors (Lipinski definition) is 1. The number of likely N-dealkylation sites (N-methyl/N-ethyl adjacent to an activating group) is 1. The first-order valence-electron chi connectivity index (χ1n) is 4.60. The molecule has 1 heterocycles. The van der Waals surface area contributed by atoms with Crippen molar-refractivity contribution >= 4 is 33.0 Å². The Morgan fingerprint density at radius 3 is 2.56 bits per heavy atom. The van der Waals surface area contributed by atoms with Crippen molar-refractivity contribution in [3.05, 3.63) is 10.2 Å². The van der Waals surface area contributed by atoms with E-state index in [1.165, 1.54) is 0 Å². The minimum Gasteiger partial charge on any atom is -0.308 e. The summed E-state index contributed by atoms with van der Waals surface area (Å²) in [6.45, 7) is 2.64. The van der Waals surface area contributed by atoms with Crippen LogP contribution in [-0.4, -0.2) is 45.5 Å². The highest BCUT2D eigenvalue weighted by molar-refractivity contribution is 7.91. The Morgan fingerprint density at radius 2 is 2.12 bits per heavy atom. The van der Waals surface area contributed by atoms with Crippen molar-refractivity contribution in [3.8, 4) is 0 Å². The standard InChI is InChI=1S/C8H14ClN3O2S2/c1-6-7(15-8(9)11-6)16(13,14)10-4-5-12(2)3/h10H,4-5H2,1-3H3. The maximum absolute atomic E-state index is 11.8. The molecule has 0 saturated carbocycles. The zero-order valence-electron chi connectivity index (χ0n) is 9.32. The van der Waals surface area contributed by atoms with Gasteiger partial charge in [0.25, 0.3) is 10.0 Å². The molecule has 1 N–H and O–H groups in total. The van der Waals surface area contributed by atoms with Crippen LogP contribution in [0.3, 0.4) is 0 Å². The molecule has 92 valence electrons. The Balaban J connectivity index is 2.75. The van der Waals surface area contributed by atoms with Gasteiger partial charge >= 0.3 is 0 Å². The lowest BCUT2D eigenvalue weighted by molar-refractivity contribution is 0.412. The summed E-state index contributed by atoms with van der Waals surface area (Å²) in [6.07, 6.45) is 0. The third-order valence-electron chi connectivity index (χ3n) is 1.82. The third kappa shape index (κ3) is 3.67. The minimum absolute atomic E-state index is 0.191. The van der Waals surface area contributed by atoms with E-state index in [4.69, 9.17) is 11.6 Å². The zero-order chi connectivity index (χ0) is 12.3. The molecule has 0 radical (unpaired) electrons. The number of halogens is 1. The molecule has 5 nitrogen and oxygen atoms in total. The normalized spacial score (nSPS) is 12.3. The average molecular weight is 284 g/mol. The van der Waals surface area contributed by atoms with Gasteiger partial charge in [0.15, 0.2) is 8.68 Å². The fourth-order valence-electron chi connectivity index (χ4n) is 1.07. The van der Waals surface area contributed by atoms with Gasteiger partial charge in [0.1, 0.15) is 0 Å². The van der Waals surface area contributed by atoms with Crippen molar-refractivity contribution in [2.75, 3.05) is 27.2 Å². The number of aryl methyl sites for hydroxylation is 1. The summed E-state index contributed by atoms with van der Waals surface area (Å²) < 4.78 is 26.6. The van der Waals surface area contributed by atoms with E-state index >= 15 is 0 Å². The molecule has 0 amide bonds. The van der Waals surface area contributed by atoms with Crippen molar-refractivity contribution in [2.24, 2.45) is 0 Å². The Labute approximate surface area is 104 Å². The fourth-order valence-corrected chi connectivity index (χ4v) is 3.87. The van der Waals surface area contributed by atoms with Crippen molar-refractivity contribution < 1.29 is 8.42 Å². The molecule has 0 aromatic carbocycles. The van der Waals surface area contributed by atoms with E-state index in [0.717, 1.165) is 11.3 Å². The van der Waals surface area contributed by atoms with Crippen molar-refractivity contribution in [1.29, 1.82) is 0 Å². The number of thiazole rings is 1. The lowest BCUT2D eigenvalue weighted by atomic mass is 10.6. The Hall–Kier alpha value is -0.210. The summed E-state index contributed by atoms with van der Waals surface area (Å²) in [5, 5.41) is 0. The summed E-state index contributed by atoms with van der Waals surface area (Å²) in [5.74, 6) is 0. The first-order chi connectivity index (χ1) is 7.33. The number of nitrogens with one attached hydrogen (secondary N) is 1. The van der Waals surface area contributed by atoms with Crippen LogP contribution in [0.4, 0.5) is 0 Å². The van der Waals surface area contributed by atoms with Gasteiger partial charge in [-0.05, 0) is 21.0 Å². The maximum atomic E-state index is 11.8. The summed E-state index contributed by atoms with van der Waals surface area (Å²) >= 11 is 6.63. The van der Waals surface area contributed by atoms with Crippen molar-refractivity contribution in [2.45, 2.75) is 11.1 Å². The molecule has 0 unspecified atom stereocenters. The Morgan fingerprint density at radius 1 is 1.50 bits per heavy atom. The van der Waals surface area contributed by atoms with Crippen molar-refractivity contribution in [1.82, 2.24) is 14.6 Å². The van der Waals surface area contributed by atoms with E-state index in [1.807, 2.05) is 19.0 Å². The molecule has 1 aromatic heterocycles.